The van der Waals surface area contributed by atoms with Gasteiger partial charge in [-0.3, -0.25) is 9.59 Å². The third-order valence-electron chi connectivity index (χ3n) is 5.28. The Bertz CT molecular complexity index is 947. The smallest absolute Gasteiger partial charge is 0.336 e. The zero-order valence-corrected chi connectivity index (χ0v) is 17.0. The predicted octanol–water partition coefficient (Wildman–Crippen LogP) is 3.80. The molecule has 0 saturated carbocycles. The van der Waals surface area contributed by atoms with E-state index in [9.17, 15) is 19.5 Å². The number of carbonyl (C=O) groups excluding carboxylic acids is 2. The van der Waals surface area contributed by atoms with E-state index in [2.05, 4.69) is 5.32 Å². The molecule has 6 heteroatoms. The van der Waals surface area contributed by atoms with Gasteiger partial charge in [-0.25, -0.2) is 4.79 Å². The lowest BCUT2D eigenvalue weighted by atomic mass is 9.95. The van der Waals surface area contributed by atoms with Crippen LogP contribution in [0.4, 0.5) is 5.69 Å². The largest absolute Gasteiger partial charge is 0.478 e. The SMILES string of the molecule is Cc1cc(C)cc(C(=O)N2CCCC(C(=O)Nc3ccc(C)c(C(=O)O)c3)C2)c1. The molecular formula is C23H26N2O4. The van der Waals surface area contributed by atoms with Crippen molar-refractivity contribution < 1.29 is 19.5 Å². The topological polar surface area (TPSA) is 86.7 Å². The van der Waals surface area contributed by atoms with Crippen LogP contribution in [0.15, 0.2) is 36.4 Å². The van der Waals surface area contributed by atoms with Gasteiger partial charge in [0, 0.05) is 24.3 Å². The summed E-state index contributed by atoms with van der Waals surface area (Å²) in [6, 6.07) is 10.6. The van der Waals surface area contributed by atoms with Crippen LogP contribution >= 0.6 is 0 Å². The van der Waals surface area contributed by atoms with Gasteiger partial charge in [-0.1, -0.05) is 23.3 Å². The Kier molecular flexibility index (Phi) is 6.01. The van der Waals surface area contributed by atoms with E-state index >= 15 is 0 Å². The number of rotatable bonds is 4. The normalized spacial score (nSPS) is 16.4. The van der Waals surface area contributed by atoms with Crippen molar-refractivity contribution in [2.45, 2.75) is 33.6 Å². The van der Waals surface area contributed by atoms with Crippen LogP contribution < -0.4 is 5.32 Å². The molecule has 0 spiro atoms. The first-order valence-corrected chi connectivity index (χ1v) is 9.77. The molecule has 1 heterocycles. The molecule has 29 heavy (non-hydrogen) atoms. The summed E-state index contributed by atoms with van der Waals surface area (Å²) in [7, 11) is 0. The number of carboxylic acid groups (broad SMARTS) is 1. The summed E-state index contributed by atoms with van der Waals surface area (Å²) in [4.78, 5) is 38.7. The fourth-order valence-corrected chi connectivity index (χ4v) is 3.83. The van der Waals surface area contributed by atoms with E-state index in [0.29, 0.717) is 36.3 Å². The molecule has 2 aromatic rings. The van der Waals surface area contributed by atoms with Crippen LogP contribution in [-0.4, -0.2) is 40.9 Å². The highest BCUT2D eigenvalue weighted by molar-refractivity contribution is 5.97. The third kappa shape index (κ3) is 4.83. The molecule has 1 atom stereocenters. The van der Waals surface area contributed by atoms with E-state index in [1.165, 1.54) is 6.07 Å². The van der Waals surface area contributed by atoms with Crippen LogP contribution in [0.1, 0.15) is 50.2 Å². The zero-order valence-electron chi connectivity index (χ0n) is 17.0. The molecule has 2 amide bonds. The van der Waals surface area contributed by atoms with Crippen LogP contribution in [0.25, 0.3) is 0 Å². The van der Waals surface area contributed by atoms with Gasteiger partial charge >= 0.3 is 5.97 Å². The van der Waals surface area contributed by atoms with Crippen molar-refractivity contribution in [2.75, 3.05) is 18.4 Å². The van der Waals surface area contributed by atoms with Crippen molar-refractivity contribution in [3.05, 3.63) is 64.2 Å². The maximum absolute atomic E-state index is 12.9. The highest BCUT2D eigenvalue weighted by atomic mass is 16.4. The number of hydrogen-bond acceptors (Lipinski definition) is 3. The second-order valence-corrected chi connectivity index (χ2v) is 7.79. The van der Waals surface area contributed by atoms with Crippen LogP contribution in [-0.2, 0) is 4.79 Å². The van der Waals surface area contributed by atoms with Gasteiger partial charge in [-0.05, 0) is 63.4 Å². The van der Waals surface area contributed by atoms with Crippen LogP contribution in [0.3, 0.4) is 0 Å². The van der Waals surface area contributed by atoms with E-state index in [4.69, 9.17) is 0 Å². The van der Waals surface area contributed by atoms with Crippen molar-refractivity contribution in [3.63, 3.8) is 0 Å². The average Bonchev–Trinajstić information content (AvgIpc) is 2.68. The number of benzene rings is 2. The minimum atomic E-state index is -1.03. The van der Waals surface area contributed by atoms with Gasteiger partial charge in [0.1, 0.15) is 0 Å². The Balaban J connectivity index is 1.70. The summed E-state index contributed by atoms with van der Waals surface area (Å²) in [5.41, 5.74) is 3.97. The highest BCUT2D eigenvalue weighted by Crippen LogP contribution is 2.22. The van der Waals surface area contributed by atoms with Gasteiger partial charge in [0.2, 0.25) is 5.91 Å². The Morgan fingerprint density at radius 1 is 1.03 bits per heavy atom. The van der Waals surface area contributed by atoms with Crippen molar-refractivity contribution in [3.8, 4) is 0 Å². The van der Waals surface area contributed by atoms with E-state index in [1.807, 2.05) is 32.0 Å². The fourth-order valence-electron chi connectivity index (χ4n) is 3.83. The number of nitrogens with zero attached hydrogens (tertiary/aromatic N) is 1. The molecule has 0 radical (unpaired) electrons. The lowest BCUT2D eigenvalue weighted by molar-refractivity contribution is -0.121. The van der Waals surface area contributed by atoms with E-state index in [-0.39, 0.29) is 23.3 Å². The molecule has 1 unspecified atom stereocenters. The molecule has 1 fully saturated rings. The Morgan fingerprint density at radius 2 is 1.72 bits per heavy atom. The zero-order chi connectivity index (χ0) is 21.1. The molecule has 0 aromatic heterocycles. The van der Waals surface area contributed by atoms with Crippen LogP contribution in [0.5, 0.6) is 0 Å². The van der Waals surface area contributed by atoms with Gasteiger partial charge < -0.3 is 15.3 Å². The Morgan fingerprint density at radius 3 is 2.38 bits per heavy atom. The number of aryl methyl sites for hydroxylation is 3. The predicted molar refractivity (Wildman–Crippen MR) is 111 cm³/mol. The summed E-state index contributed by atoms with van der Waals surface area (Å²) in [5, 5.41) is 12.1. The monoisotopic (exact) mass is 394 g/mol. The number of anilines is 1. The van der Waals surface area contributed by atoms with Gasteiger partial charge in [-0.2, -0.15) is 0 Å². The summed E-state index contributed by atoms with van der Waals surface area (Å²) >= 11 is 0. The summed E-state index contributed by atoms with van der Waals surface area (Å²) in [6.45, 7) is 6.62. The van der Waals surface area contributed by atoms with E-state index in [1.54, 1.807) is 24.0 Å². The minimum absolute atomic E-state index is 0.0576. The minimum Gasteiger partial charge on any atom is -0.478 e. The molecule has 1 aliphatic rings. The number of amides is 2. The average molecular weight is 394 g/mol. The molecule has 1 aliphatic heterocycles. The van der Waals surface area contributed by atoms with Crippen molar-refractivity contribution in [1.29, 1.82) is 0 Å². The highest BCUT2D eigenvalue weighted by Gasteiger charge is 2.29. The number of piperidine rings is 1. The van der Waals surface area contributed by atoms with Gasteiger partial charge in [0.05, 0.1) is 11.5 Å². The van der Waals surface area contributed by atoms with Gasteiger partial charge in [0.25, 0.3) is 5.91 Å². The fraction of sp³-hybridized carbons (Fsp3) is 0.348. The number of nitrogens with one attached hydrogen (secondary N) is 1. The Hall–Kier alpha value is -3.15. The first-order chi connectivity index (χ1) is 13.7. The number of carboxylic acids is 1. The summed E-state index contributed by atoms with van der Waals surface area (Å²) < 4.78 is 0. The summed E-state index contributed by atoms with van der Waals surface area (Å²) in [5.74, 6) is -1.60. The number of aromatic carboxylic acids is 1. The maximum Gasteiger partial charge on any atom is 0.336 e. The molecule has 6 nitrogen and oxygen atoms in total. The Labute approximate surface area is 170 Å². The standard InChI is InChI=1S/C23H26N2O4/c1-14-9-15(2)11-18(10-14)22(27)25-8-4-5-17(13-25)21(26)24-19-7-6-16(3)20(12-19)23(28)29/h6-7,9-12,17H,4-5,8,13H2,1-3H3,(H,24,26)(H,28,29). The lowest BCUT2D eigenvalue weighted by Gasteiger charge is -2.32. The summed E-state index contributed by atoms with van der Waals surface area (Å²) in [6.07, 6.45) is 1.45. The van der Waals surface area contributed by atoms with Crippen LogP contribution in [0, 0.1) is 26.7 Å². The van der Waals surface area contributed by atoms with Crippen molar-refractivity contribution in [2.24, 2.45) is 5.92 Å². The lowest BCUT2D eigenvalue weighted by Crippen LogP contribution is -2.43. The molecule has 1 saturated heterocycles. The number of likely N-dealkylation sites (tertiary alicyclic amines) is 1. The first-order valence-electron chi connectivity index (χ1n) is 9.77. The quantitative estimate of drug-likeness (QED) is 0.826. The number of hydrogen-bond donors (Lipinski definition) is 2. The molecule has 3 rings (SSSR count). The molecule has 0 bridgehead atoms. The van der Waals surface area contributed by atoms with Gasteiger partial charge in [0.15, 0.2) is 0 Å². The van der Waals surface area contributed by atoms with E-state index < -0.39 is 5.97 Å². The number of carbonyl (C=O) groups is 3. The second kappa shape index (κ2) is 8.47. The second-order valence-electron chi connectivity index (χ2n) is 7.79. The van der Waals surface area contributed by atoms with Crippen molar-refractivity contribution in [1.82, 2.24) is 4.90 Å². The maximum atomic E-state index is 12.9. The molecule has 152 valence electrons. The third-order valence-corrected chi connectivity index (χ3v) is 5.28. The van der Waals surface area contributed by atoms with Crippen LogP contribution in [0.2, 0.25) is 0 Å². The molecule has 2 aromatic carbocycles. The van der Waals surface area contributed by atoms with E-state index in [0.717, 1.165) is 17.5 Å². The molecular weight excluding hydrogens is 368 g/mol. The van der Waals surface area contributed by atoms with Crippen molar-refractivity contribution >= 4 is 23.5 Å². The molecule has 2 N–H and O–H groups in total. The van der Waals surface area contributed by atoms with Gasteiger partial charge in [-0.15, -0.1) is 0 Å². The molecule has 0 aliphatic carbocycles. The first kappa shape index (κ1) is 20.6.